The molecule has 2 N–H and O–H groups in total. The van der Waals surface area contributed by atoms with Crippen LogP contribution < -0.4 is 16.0 Å². The van der Waals surface area contributed by atoms with E-state index in [2.05, 4.69) is 10.2 Å². The van der Waals surface area contributed by atoms with Gasteiger partial charge in [-0.25, -0.2) is 4.68 Å². The third-order valence-corrected chi connectivity index (χ3v) is 2.45. The van der Waals surface area contributed by atoms with Gasteiger partial charge < -0.3 is 10.5 Å². The van der Waals surface area contributed by atoms with E-state index in [0.717, 1.165) is 5.56 Å². The summed E-state index contributed by atoms with van der Waals surface area (Å²) in [6.45, 7) is 2.57. The summed E-state index contributed by atoms with van der Waals surface area (Å²) in [5, 5.41) is 8.11. The number of nitrogens with two attached hydrogens (primary N) is 1. The SMILES string of the molecule is CC(N)COc1cnn(Cc2cnn(C)c2)c(=O)c1. The molecule has 0 radical (unpaired) electrons. The molecule has 0 aromatic carbocycles. The van der Waals surface area contributed by atoms with Crippen molar-refractivity contribution < 1.29 is 4.74 Å². The summed E-state index contributed by atoms with van der Waals surface area (Å²) >= 11 is 0. The first-order valence-corrected chi connectivity index (χ1v) is 5.97. The molecule has 1 atom stereocenters. The molecule has 0 saturated heterocycles. The van der Waals surface area contributed by atoms with Gasteiger partial charge in [-0.1, -0.05) is 0 Å². The molecule has 0 aliphatic rings. The van der Waals surface area contributed by atoms with Gasteiger partial charge in [-0.05, 0) is 6.92 Å². The van der Waals surface area contributed by atoms with Crippen LogP contribution in [0.2, 0.25) is 0 Å². The summed E-state index contributed by atoms with van der Waals surface area (Å²) in [5.74, 6) is 0.435. The van der Waals surface area contributed by atoms with Crippen molar-refractivity contribution in [2.24, 2.45) is 12.8 Å². The van der Waals surface area contributed by atoms with Crippen molar-refractivity contribution in [3.63, 3.8) is 0 Å². The van der Waals surface area contributed by atoms with Crippen molar-refractivity contribution in [1.29, 1.82) is 0 Å². The maximum absolute atomic E-state index is 11.9. The lowest BCUT2D eigenvalue weighted by Crippen LogP contribution is -2.26. The highest BCUT2D eigenvalue weighted by molar-refractivity contribution is 5.14. The third-order valence-electron chi connectivity index (χ3n) is 2.45. The van der Waals surface area contributed by atoms with Crippen molar-refractivity contribution in [1.82, 2.24) is 19.6 Å². The lowest BCUT2D eigenvalue weighted by molar-refractivity contribution is 0.293. The van der Waals surface area contributed by atoms with Crippen LogP contribution >= 0.6 is 0 Å². The first-order valence-electron chi connectivity index (χ1n) is 5.97. The fourth-order valence-electron chi connectivity index (χ4n) is 1.57. The number of hydrogen-bond acceptors (Lipinski definition) is 5. The average molecular weight is 263 g/mol. The first kappa shape index (κ1) is 13.3. The Morgan fingerprint density at radius 2 is 2.21 bits per heavy atom. The molecule has 7 heteroatoms. The topological polar surface area (TPSA) is 88.0 Å². The van der Waals surface area contributed by atoms with Crippen molar-refractivity contribution in [3.8, 4) is 5.75 Å². The van der Waals surface area contributed by atoms with Gasteiger partial charge >= 0.3 is 0 Å². The number of ether oxygens (including phenoxy) is 1. The fourth-order valence-corrected chi connectivity index (χ4v) is 1.57. The molecule has 0 aliphatic carbocycles. The zero-order valence-electron chi connectivity index (χ0n) is 11.0. The van der Waals surface area contributed by atoms with Gasteiger partial charge in [0.15, 0.2) is 0 Å². The van der Waals surface area contributed by atoms with Crippen LogP contribution in [0.15, 0.2) is 29.5 Å². The Kier molecular flexibility index (Phi) is 3.96. The zero-order chi connectivity index (χ0) is 13.8. The summed E-state index contributed by atoms with van der Waals surface area (Å²) < 4.78 is 8.38. The normalized spacial score (nSPS) is 12.4. The number of hydrogen-bond donors (Lipinski definition) is 1. The molecule has 1 unspecified atom stereocenters. The van der Waals surface area contributed by atoms with E-state index in [-0.39, 0.29) is 11.6 Å². The molecule has 2 aromatic heterocycles. The lowest BCUT2D eigenvalue weighted by Gasteiger charge is -2.09. The van der Waals surface area contributed by atoms with Gasteiger partial charge in [0.2, 0.25) is 0 Å². The second-order valence-corrected chi connectivity index (χ2v) is 4.50. The second kappa shape index (κ2) is 5.66. The van der Waals surface area contributed by atoms with Gasteiger partial charge in [-0.2, -0.15) is 10.2 Å². The Balaban J connectivity index is 2.09. The van der Waals surface area contributed by atoms with Crippen LogP contribution in [0.1, 0.15) is 12.5 Å². The first-order chi connectivity index (χ1) is 9.04. The molecule has 2 rings (SSSR count). The maximum Gasteiger partial charge on any atom is 0.270 e. The molecule has 2 heterocycles. The van der Waals surface area contributed by atoms with Gasteiger partial charge in [0.05, 0.1) is 18.9 Å². The van der Waals surface area contributed by atoms with Crippen LogP contribution in [0.3, 0.4) is 0 Å². The Hall–Kier alpha value is -2.15. The molecule has 102 valence electrons. The van der Waals surface area contributed by atoms with Crippen molar-refractivity contribution in [3.05, 3.63) is 40.6 Å². The van der Waals surface area contributed by atoms with E-state index in [1.54, 1.807) is 10.9 Å². The molecule has 0 bridgehead atoms. The van der Waals surface area contributed by atoms with Crippen LogP contribution in [0.5, 0.6) is 5.75 Å². The van der Waals surface area contributed by atoms with Gasteiger partial charge in [0.1, 0.15) is 12.4 Å². The van der Waals surface area contributed by atoms with Crippen LogP contribution in [-0.4, -0.2) is 32.2 Å². The highest BCUT2D eigenvalue weighted by Crippen LogP contribution is 2.05. The number of aromatic nitrogens is 4. The van der Waals surface area contributed by atoms with E-state index < -0.39 is 0 Å². The average Bonchev–Trinajstić information content (AvgIpc) is 2.75. The minimum absolute atomic E-state index is 0.0853. The Bertz CT molecular complexity index is 602. The summed E-state index contributed by atoms with van der Waals surface area (Å²) in [7, 11) is 1.82. The molecule has 0 fully saturated rings. The van der Waals surface area contributed by atoms with Crippen molar-refractivity contribution in [2.45, 2.75) is 19.5 Å². The molecular formula is C12H17N5O2. The highest BCUT2D eigenvalue weighted by atomic mass is 16.5. The van der Waals surface area contributed by atoms with Gasteiger partial charge in [0, 0.05) is 30.9 Å². The minimum atomic E-state index is -0.217. The minimum Gasteiger partial charge on any atom is -0.490 e. The lowest BCUT2D eigenvalue weighted by atomic mass is 10.3. The number of nitrogens with zero attached hydrogens (tertiary/aromatic N) is 4. The van der Waals surface area contributed by atoms with Gasteiger partial charge in [0.25, 0.3) is 5.56 Å². The molecule has 2 aromatic rings. The molecule has 0 aliphatic heterocycles. The van der Waals surface area contributed by atoms with Crippen molar-refractivity contribution >= 4 is 0 Å². The van der Waals surface area contributed by atoms with Gasteiger partial charge in [-0.15, -0.1) is 0 Å². The quantitative estimate of drug-likeness (QED) is 0.803. The monoisotopic (exact) mass is 263 g/mol. The highest BCUT2D eigenvalue weighted by Gasteiger charge is 2.04. The molecule has 0 saturated carbocycles. The Labute approximate surface area is 110 Å². The van der Waals surface area contributed by atoms with E-state index in [1.807, 2.05) is 20.2 Å². The van der Waals surface area contributed by atoms with E-state index in [4.69, 9.17) is 10.5 Å². The summed E-state index contributed by atoms with van der Waals surface area (Å²) in [6, 6.07) is 1.32. The molecule has 0 spiro atoms. The third kappa shape index (κ3) is 3.65. The Morgan fingerprint density at radius 3 is 2.79 bits per heavy atom. The molecular weight excluding hydrogens is 246 g/mol. The smallest absolute Gasteiger partial charge is 0.270 e. The molecule has 0 amide bonds. The second-order valence-electron chi connectivity index (χ2n) is 4.50. The predicted octanol–water partition coefficient (Wildman–Crippen LogP) is -0.249. The van der Waals surface area contributed by atoms with E-state index in [1.165, 1.54) is 16.9 Å². The summed E-state index contributed by atoms with van der Waals surface area (Å²) in [4.78, 5) is 11.9. The molecule has 7 nitrogen and oxygen atoms in total. The zero-order valence-corrected chi connectivity index (χ0v) is 11.0. The van der Waals surface area contributed by atoms with Crippen molar-refractivity contribution in [2.75, 3.05) is 6.61 Å². The predicted molar refractivity (Wildman–Crippen MR) is 70.0 cm³/mol. The van der Waals surface area contributed by atoms with Crippen LogP contribution in [0.4, 0.5) is 0 Å². The summed E-state index contributed by atoms with van der Waals surface area (Å²) in [5.41, 5.74) is 6.28. The maximum atomic E-state index is 11.9. The van der Waals surface area contributed by atoms with Crippen LogP contribution in [-0.2, 0) is 13.6 Å². The van der Waals surface area contributed by atoms with E-state index >= 15 is 0 Å². The summed E-state index contributed by atoms with van der Waals surface area (Å²) in [6.07, 6.45) is 5.06. The van der Waals surface area contributed by atoms with E-state index in [9.17, 15) is 4.79 Å². The molecule has 19 heavy (non-hydrogen) atoms. The number of rotatable bonds is 5. The number of aryl methyl sites for hydroxylation is 1. The van der Waals surface area contributed by atoms with Crippen LogP contribution in [0.25, 0.3) is 0 Å². The fraction of sp³-hybridized carbons (Fsp3) is 0.417. The standard InChI is InChI=1S/C12H17N5O2/c1-9(13)8-19-11-3-12(18)17(15-5-11)7-10-4-14-16(2)6-10/h3-6,9H,7-8,13H2,1-2H3. The van der Waals surface area contributed by atoms with E-state index in [0.29, 0.717) is 18.9 Å². The van der Waals surface area contributed by atoms with Gasteiger partial charge in [-0.3, -0.25) is 9.48 Å². The Morgan fingerprint density at radius 1 is 1.42 bits per heavy atom. The largest absolute Gasteiger partial charge is 0.490 e. The van der Waals surface area contributed by atoms with Crippen LogP contribution in [0, 0.1) is 0 Å².